The molecule has 3 heterocycles. The highest BCUT2D eigenvalue weighted by molar-refractivity contribution is 6.04. The van der Waals surface area contributed by atoms with E-state index in [1.165, 1.54) is 13.1 Å². The van der Waals surface area contributed by atoms with Crippen LogP contribution < -0.4 is 14.8 Å². The maximum atomic E-state index is 13.8. The molecule has 3 unspecified atom stereocenters. The number of methoxy groups -OCH3 is 2. The van der Waals surface area contributed by atoms with Gasteiger partial charge in [0, 0.05) is 0 Å². The number of hydroxylamine groups is 2. The van der Waals surface area contributed by atoms with Crippen molar-refractivity contribution in [3.8, 4) is 11.5 Å². The quantitative estimate of drug-likeness (QED) is 0.104. The summed E-state index contributed by atoms with van der Waals surface area (Å²) in [5, 5.41) is 34.3. The number of nitrogens with one attached hydrogen (secondary N) is 1. The molecule has 252 valence electrons. The third-order valence-electron chi connectivity index (χ3n) is 9.46. The highest BCUT2D eigenvalue weighted by Crippen LogP contribution is 2.45. The van der Waals surface area contributed by atoms with Gasteiger partial charge in [-0.2, -0.15) is 4.48 Å². The molecule has 6 atom stereocenters. The number of aliphatic hydroxyl groups excluding tert-OH is 2. The number of hydrogen-bond acceptors (Lipinski definition) is 10. The summed E-state index contributed by atoms with van der Waals surface area (Å²) in [7, 11) is 3.14. The van der Waals surface area contributed by atoms with E-state index in [2.05, 4.69) is 5.32 Å². The second-order valence-electron chi connectivity index (χ2n) is 12.0. The highest BCUT2D eigenvalue weighted by atomic mass is 16.6. The fraction of sp³-hybridized carbons (Fsp3) is 0.343. The Balaban J connectivity index is 1.46. The van der Waals surface area contributed by atoms with E-state index in [4.69, 9.17) is 18.9 Å². The Hall–Kier alpha value is -4.63. The molecule has 0 spiro atoms. The molecule has 0 aliphatic carbocycles. The molecule has 0 aromatic heterocycles. The second kappa shape index (κ2) is 13.1. The third-order valence-corrected chi connectivity index (χ3v) is 9.46. The van der Waals surface area contributed by atoms with Crippen molar-refractivity contribution in [2.24, 2.45) is 0 Å². The van der Waals surface area contributed by atoms with Gasteiger partial charge >= 0.3 is 11.9 Å². The summed E-state index contributed by atoms with van der Waals surface area (Å²) in [6.07, 6.45) is -2.11. The monoisotopic (exact) mass is 660 g/mol. The normalized spacial score (nSPS) is 27.3. The Morgan fingerprint density at radius 3 is 2.00 bits per heavy atom. The molecule has 3 aromatic rings. The Morgan fingerprint density at radius 1 is 0.917 bits per heavy atom. The van der Waals surface area contributed by atoms with Gasteiger partial charge < -0.3 is 29.2 Å². The molecule has 2 fully saturated rings. The van der Waals surface area contributed by atoms with Crippen LogP contribution in [0.1, 0.15) is 30.0 Å². The van der Waals surface area contributed by atoms with E-state index in [1.54, 1.807) is 38.5 Å². The summed E-state index contributed by atoms with van der Waals surface area (Å²) in [5.74, 6) is -0.197. The molecule has 0 radical (unpaired) electrons. The molecule has 6 rings (SSSR count). The zero-order valence-corrected chi connectivity index (χ0v) is 26.7. The van der Waals surface area contributed by atoms with Gasteiger partial charge in [-0.15, -0.1) is 0 Å². The Labute approximate surface area is 277 Å². The molecule has 13 nitrogen and oxygen atoms in total. The van der Waals surface area contributed by atoms with E-state index in [0.717, 1.165) is 5.56 Å². The van der Waals surface area contributed by atoms with Crippen molar-refractivity contribution in [2.45, 2.75) is 49.5 Å². The van der Waals surface area contributed by atoms with E-state index in [-0.39, 0.29) is 18.6 Å². The summed E-state index contributed by atoms with van der Waals surface area (Å²) in [6.45, 7) is 0.678. The number of hydrogen-bond donors (Lipinski definition) is 4. The number of carbonyl (C=O) groups is 3. The predicted molar refractivity (Wildman–Crippen MR) is 168 cm³/mol. The Bertz CT molecular complexity index is 1650. The minimum atomic E-state index is -1.31. The van der Waals surface area contributed by atoms with Crippen LogP contribution in [0.3, 0.4) is 0 Å². The number of urea groups is 1. The van der Waals surface area contributed by atoms with Crippen molar-refractivity contribution < 1.29 is 53.2 Å². The highest BCUT2D eigenvalue weighted by Gasteiger charge is 2.68. The van der Waals surface area contributed by atoms with Gasteiger partial charge in [-0.3, -0.25) is 14.8 Å². The maximum absolute atomic E-state index is 13.8. The molecule has 4 N–H and O–H groups in total. The van der Waals surface area contributed by atoms with Crippen LogP contribution in [-0.2, 0) is 24.7 Å². The zero-order valence-electron chi connectivity index (χ0n) is 26.7. The van der Waals surface area contributed by atoms with Gasteiger partial charge in [0.05, 0.1) is 45.5 Å². The summed E-state index contributed by atoms with van der Waals surface area (Å²) in [4.78, 5) is 40.0. The first kappa shape index (κ1) is 33.3. The minimum absolute atomic E-state index is 0.120. The summed E-state index contributed by atoms with van der Waals surface area (Å²) >= 11 is 0. The van der Waals surface area contributed by atoms with E-state index in [0.29, 0.717) is 27.7 Å². The number of β-lactam (4-membered cyclic amide) rings is 1. The van der Waals surface area contributed by atoms with Gasteiger partial charge in [0.15, 0.2) is 0 Å². The topological polar surface area (TPSA) is 164 Å². The number of rotatable bonds is 11. The van der Waals surface area contributed by atoms with Crippen LogP contribution in [0, 0.1) is 0 Å². The van der Waals surface area contributed by atoms with E-state index < -0.39 is 65.1 Å². The summed E-state index contributed by atoms with van der Waals surface area (Å²) < 4.78 is 22.9. The van der Waals surface area contributed by atoms with Crippen molar-refractivity contribution in [3.63, 3.8) is 0 Å². The Morgan fingerprint density at radius 2 is 1.48 bits per heavy atom. The molecule has 13 heteroatoms. The fourth-order valence-corrected chi connectivity index (χ4v) is 6.91. The van der Waals surface area contributed by atoms with Gasteiger partial charge in [-0.25, -0.2) is 15.2 Å². The van der Waals surface area contributed by atoms with Crippen LogP contribution in [0.15, 0.2) is 90.6 Å². The lowest BCUT2D eigenvalue weighted by Crippen LogP contribution is -2.81. The SMILES string of the molecule is COc1ccc(C(OCC2C([N+]3([C@H]4C[C@H](O)[C@@H](CO)O4)C=C(C)C(=O)NC3=O)C(=O)N2O)(c2ccccc2)c2ccc(OC)cc2)cc1. The molecule has 3 aliphatic heterocycles. The van der Waals surface area contributed by atoms with Crippen molar-refractivity contribution in [2.75, 3.05) is 27.4 Å². The van der Waals surface area contributed by atoms with Crippen LogP contribution in [0.5, 0.6) is 11.5 Å². The molecule has 4 amide bonds. The molecule has 48 heavy (non-hydrogen) atoms. The molecule has 0 bridgehead atoms. The standard InChI is InChI=1S/C35H37N3O10/c1-21-18-38(34(43)36-32(21)41,30-17-28(40)29(19-39)48-30)31-27(37(44)33(31)42)20-47-35(22-7-5-4-6-8-22,23-9-13-25(45-2)14-10-23)24-11-15-26(46-3)16-12-24/h4-16,18,27-31,39-40,44H,17,19-20H2,1-3H3/p+1/t27?,28-,29+,30+,31?,38?/m0/s1. The maximum Gasteiger partial charge on any atom is 0.431 e. The van der Waals surface area contributed by atoms with E-state index >= 15 is 0 Å². The predicted octanol–water partition coefficient (Wildman–Crippen LogP) is 2.42. The van der Waals surface area contributed by atoms with E-state index in [9.17, 15) is 29.8 Å². The molecular formula is C35H38N3O10+. The third kappa shape index (κ3) is 5.34. The van der Waals surface area contributed by atoms with E-state index in [1.807, 2.05) is 54.6 Å². The number of carbonyl (C=O) groups excluding carboxylic acids is 3. The van der Waals surface area contributed by atoms with Crippen molar-refractivity contribution >= 4 is 17.8 Å². The van der Waals surface area contributed by atoms with Gasteiger partial charge in [-0.05, 0) is 47.9 Å². The number of quaternary nitrogens is 1. The minimum Gasteiger partial charge on any atom is -0.497 e. The smallest absolute Gasteiger partial charge is 0.431 e. The number of aliphatic hydroxyl groups is 2. The second-order valence-corrected chi connectivity index (χ2v) is 12.0. The lowest BCUT2D eigenvalue weighted by molar-refractivity contribution is -0.876. The molecule has 3 aromatic carbocycles. The first-order valence-electron chi connectivity index (χ1n) is 15.5. The van der Waals surface area contributed by atoms with Crippen molar-refractivity contribution in [1.82, 2.24) is 10.4 Å². The summed E-state index contributed by atoms with van der Waals surface area (Å²) in [5.41, 5.74) is 0.989. The van der Waals surface area contributed by atoms with Crippen LogP contribution in [0.2, 0.25) is 0 Å². The largest absolute Gasteiger partial charge is 0.497 e. The molecular weight excluding hydrogens is 622 g/mol. The van der Waals surface area contributed by atoms with Crippen molar-refractivity contribution in [3.05, 3.63) is 107 Å². The zero-order chi connectivity index (χ0) is 34.2. The number of ether oxygens (including phenoxy) is 4. The lowest BCUT2D eigenvalue weighted by atomic mass is 9.79. The first-order chi connectivity index (χ1) is 23.1. The number of nitrogens with zero attached hydrogens (tertiary/aromatic N) is 2. The lowest BCUT2D eigenvalue weighted by Gasteiger charge is -2.52. The molecule has 0 saturated carbocycles. The van der Waals surface area contributed by atoms with Gasteiger partial charge in [0.25, 0.3) is 5.91 Å². The van der Waals surface area contributed by atoms with Crippen LogP contribution in [0.4, 0.5) is 4.79 Å². The average Bonchev–Trinajstić information content (AvgIpc) is 3.51. The summed E-state index contributed by atoms with van der Waals surface area (Å²) in [6, 6.07) is 20.8. The first-order valence-corrected chi connectivity index (χ1v) is 15.5. The van der Waals surface area contributed by atoms with Gasteiger partial charge in [-0.1, -0.05) is 54.6 Å². The van der Waals surface area contributed by atoms with Gasteiger partial charge in [0.2, 0.25) is 12.3 Å². The van der Waals surface area contributed by atoms with Crippen LogP contribution in [0.25, 0.3) is 0 Å². The Kier molecular flexibility index (Phi) is 9.09. The van der Waals surface area contributed by atoms with Crippen molar-refractivity contribution in [1.29, 1.82) is 0 Å². The number of imide groups is 1. The number of benzene rings is 3. The van der Waals surface area contributed by atoms with Gasteiger partial charge in [0.1, 0.15) is 35.4 Å². The molecule has 3 aliphatic rings. The number of amides is 4. The van der Waals surface area contributed by atoms with Crippen LogP contribution in [-0.4, -0.2) is 101 Å². The molecule has 2 saturated heterocycles. The average molecular weight is 661 g/mol. The fourth-order valence-electron chi connectivity index (χ4n) is 6.91. The van der Waals surface area contributed by atoms with Crippen LogP contribution >= 0.6 is 0 Å².